The fourth-order valence-electron chi connectivity index (χ4n) is 4.15. The molecule has 5 rings (SSSR count). The molecule has 184 valence electrons. The van der Waals surface area contributed by atoms with Gasteiger partial charge in [0, 0.05) is 37.3 Å². The minimum atomic E-state index is -0.729. The van der Waals surface area contributed by atoms with Gasteiger partial charge in [-0.1, -0.05) is 6.07 Å². The zero-order chi connectivity index (χ0) is 25.9. The Labute approximate surface area is 210 Å². The van der Waals surface area contributed by atoms with Crippen LogP contribution in [0.2, 0.25) is 0 Å². The molecule has 4 aromatic rings. The van der Waals surface area contributed by atoms with Crippen molar-refractivity contribution in [3.8, 4) is 28.6 Å². The number of piperazine rings is 1. The number of benzene rings is 2. The molecular weight excluding hydrogens is 481 g/mol. The second-order valence-electron chi connectivity index (χ2n) is 8.34. The summed E-state index contributed by atoms with van der Waals surface area (Å²) >= 11 is 0. The monoisotopic (exact) mass is 500 g/mol. The Morgan fingerprint density at radius 2 is 1.32 bits per heavy atom. The first-order valence-electron chi connectivity index (χ1n) is 11.4. The third-order valence-corrected chi connectivity index (χ3v) is 6.02. The van der Waals surface area contributed by atoms with Crippen molar-refractivity contribution in [1.29, 1.82) is 5.26 Å². The molecule has 10 heteroatoms. The lowest BCUT2D eigenvalue weighted by atomic mass is 10.0. The average molecular weight is 500 g/mol. The number of aromatic nitrogens is 3. The number of nitriles is 1. The molecule has 1 saturated heterocycles. The summed E-state index contributed by atoms with van der Waals surface area (Å²) in [5, 5.41) is 9.88. The molecule has 0 saturated carbocycles. The van der Waals surface area contributed by atoms with Crippen LogP contribution < -0.4 is 4.90 Å². The highest BCUT2D eigenvalue weighted by molar-refractivity contribution is 5.92. The molecular formula is C27H19F3N6O. The molecule has 7 nitrogen and oxygen atoms in total. The van der Waals surface area contributed by atoms with E-state index in [1.165, 1.54) is 54.6 Å². The van der Waals surface area contributed by atoms with Gasteiger partial charge in [0.2, 0.25) is 5.95 Å². The standard InChI is InChI=1S/C27H19F3N6O/c28-19-8-4-17(5-9-19)24-25(18-6-10-20(29)11-7-18)34-26(22(16-31)33-24)35-12-14-36(15-13-35)27(37)21-2-1-3-23(30)32-21/h1-11H,12-15H2. The maximum atomic E-state index is 13.6. The largest absolute Gasteiger partial charge is 0.351 e. The highest BCUT2D eigenvalue weighted by Gasteiger charge is 2.27. The number of halogens is 3. The van der Waals surface area contributed by atoms with Gasteiger partial charge >= 0.3 is 0 Å². The topological polar surface area (TPSA) is 86.0 Å². The molecule has 0 unspecified atom stereocenters. The lowest BCUT2D eigenvalue weighted by Crippen LogP contribution is -2.49. The predicted molar refractivity (Wildman–Crippen MR) is 130 cm³/mol. The number of anilines is 1. The number of carbonyl (C=O) groups is 1. The first kappa shape index (κ1) is 23.9. The summed E-state index contributed by atoms with van der Waals surface area (Å²) in [7, 11) is 0. The van der Waals surface area contributed by atoms with Crippen molar-refractivity contribution in [1.82, 2.24) is 19.9 Å². The summed E-state index contributed by atoms with van der Waals surface area (Å²) in [4.78, 5) is 29.1. The Bertz CT molecular complexity index is 1490. The van der Waals surface area contributed by atoms with Crippen LogP contribution in [0.5, 0.6) is 0 Å². The minimum absolute atomic E-state index is 0.0215. The van der Waals surface area contributed by atoms with Crippen molar-refractivity contribution >= 4 is 11.7 Å². The van der Waals surface area contributed by atoms with Crippen LogP contribution in [0, 0.1) is 28.9 Å². The zero-order valence-corrected chi connectivity index (χ0v) is 19.4. The molecule has 0 N–H and O–H groups in total. The maximum absolute atomic E-state index is 13.6. The Hall–Kier alpha value is -4.78. The van der Waals surface area contributed by atoms with Crippen LogP contribution in [0.25, 0.3) is 22.5 Å². The van der Waals surface area contributed by atoms with Gasteiger partial charge in [0.05, 0.1) is 11.4 Å². The van der Waals surface area contributed by atoms with Gasteiger partial charge in [-0.15, -0.1) is 0 Å². The van der Waals surface area contributed by atoms with Crippen molar-refractivity contribution in [3.05, 3.63) is 95.7 Å². The van der Waals surface area contributed by atoms with E-state index in [-0.39, 0.29) is 17.3 Å². The lowest BCUT2D eigenvalue weighted by molar-refractivity contribution is 0.0739. The van der Waals surface area contributed by atoms with E-state index in [0.29, 0.717) is 54.5 Å². The normalized spacial score (nSPS) is 13.4. The summed E-state index contributed by atoms with van der Waals surface area (Å²) in [6.45, 7) is 1.30. The Balaban J connectivity index is 1.48. The van der Waals surface area contributed by atoms with Crippen molar-refractivity contribution < 1.29 is 18.0 Å². The molecule has 3 heterocycles. The second kappa shape index (κ2) is 10.1. The Kier molecular flexibility index (Phi) is 6.51. The molecule has 1 fully saturated rings. The molecule has 1 aliphatic rings. The van der Waals surface area contributed by atoms with Crippen LogP contribution in [0.15, 0.2) is 66.7 Å². The van der Waals surface area contributed by atoms with E-state index in [2.05, 4.69) is 16.0 Å². The minimum Gasteiger partial charge on any atom is -0.351 e. The fourth-order valence-corrected chi connectivity index (χ4v) is 4.15. The van der Waals surface area contributed by atoms with Gasteiger partial charge < -0.3 is 9.80 Å². The smallest absolute Gasteiger partial charge is 0.272 e. The van der Waals surface area contributed by atoms with E-state index in [1.54, 1.807) is 17.0 Å². The first-order chi connectivity index (χ1) is 17.9. The summed E-state index contributed by atoms with van der Waals surface area (Å²) in [6.07, 6.45) is 0. The zero-order valence-electron chi connectivity index (χ0n) is 19.4. The van der Waals surface area contributed by atoms with Crippen LogP contribution in [0.3, 0.4) is 0 Å². The molecule has 0 atom stereocenters. The number of amides is 1. The van der Waals surface area contributed by atoms with E-state index in [4.69, 9.17) is 4.98 Å². The van der Waals surface area contributed by atoms with Crippen LogP contribution in [0.4, 0.5) is 19.0 Å². The molecule has 1 aliphatic heterocycles. The Morgan fingerprint density at radius 1 is 0.757 bits per heavy atom. The molecule has 0 aliphatic carbocycles. The molecule has 2 aromatic heterocycles. The van der Waals surface area contributed by atoms with Gasteiger partial charge in [-0.25, -0.2) is 23.7 Å². The van der Waals surface area contributed by atoms with Crippen molar-refractivity contribution in [2.75, 3.05) is 31.1 Å². The maximum Gasteiger partial charge on any atom is 0.272 e. The Morgan fingerprint density at radius 3 is 1.86 bits per heavy atom. The number of pyridine rings is 1. The van der Waals surface area contributed by atoms with E-state index in [1.807, 2.05) is 4.90 Å². The second-order valence-corrected chi connectivity index (χ2v) is 8.34. The number of hydrogen-bond donors (Lipinski definition) is 0. The average Bonchev–Trinajstić information content (AvgIpc) is 2.93. The van der Waals surface area contributed by atoms with E-state index in [0.717, 1.165) is 0 Å². The highest BCUT2D eigenvalue weighted by atomic mass is 19.1. The van der Waals surface area contributed by atoms with E-state index < -0.39 is 17.6 Å². The third kappa shape index (κ3) is 4.97. The quantitative estimate of drug-likeness (QED) is 0.385. The number of hydrogen-bond acceptors (Lipinski definition) is 6. The van der Waals surface area contributed by atoms with Gasteiger partial charge in [0.1, 0.15) is 23.4 Å². The van der Waals surface area contributed by atoms with Crippen LogP contribution in [-0.4, -0.2) is 51.9 Å². The molecule has 0 spiro atoms. The van der Waals surface area contributed by atoms with E-state index in [9.17, 15) is 23.2 Å². The molecule has 1 amide bonds. The van der Waals surface area contributed by atoms with Crippen molar-refractivity contribution in [2.24, 2.45) is 0 Å². The SMILES string of the molecule is N#Cc1nc(-c2ccc(F)cc2)c(-c2ccc(F)cc2)nc1N1CCN(C(=O)c2cccc(F)n2)CC1. The molecule has 37 heavy (non-hydrogen) atoms. The van der Waals surface area contributed by atoms with Gasteiger partial charge in [0.15, 0.2) is 11.5 Å². The lowest BCUT2D eigenvalue weighted by Gasteiger charge is -2.35. The molecule has 2 aromatic carbocycles. The van der Waals surface area contributed by atoms with Crippen molar-refractivity contribution in [3.63, 3.8) is 0 Å². The number of nitrogens with zero attached hydrogens (tertiary/aromatic N) is 6. The van der Waals surface area contributed by atoms with Crippen LogP contribution in [-0.2, 0) is 0 Å². The molecule has 0 bridgehead atoms. The van der Waals surface area contributed by atoms with Crippen molar-refractivity contribution in [2.45, 2.75) is 0 Å². The molecule has 0 radical (unpaired) electrons. The summed E-state index contributed by atoms with van der Waals surface area (Å²) in [6, 6.07) is 17.5. The van der Waals surface area contributed by atoms with Gasteiger partial charge in [-0.05, 0) is 60.7 Å². The highest BCUT2D eigenvalue weighted by Crippen LogP contribution is 2.33. The third-order valence-electron chi connectivity index (χ3n) is 6.02. The number of rotatable bonds is 4. The van der Waals surface area contributed by atoms with Crippen LogP contribution in [0.1, 0.15) is 16.2 Å². The summed E-state index contributed by atoms with van der Waals surface area (Å²) in [5.74, 6) is -1.62. The summed E-state index contributed by atoms with van der Waals surface area (Å²) in [5.41, 5.74) is 1.98. The van der Waals surface area contributed by atoms with Gasteiger partial charge in [-0.2, -0.15) is 9.65 Å². The fraction of sp³-hybridized carbons (Fsp3) is 0.148. The summed E-state index contributed by atoms with van der Waals surface area (Å²) < 4.78 is 40.6. The van der Waals surface area contributed by atoms with Crippen LogP contribution >= 0.6 is 0 Å². The van der Waals surface area contributed by atoms with Gasteiger partial charge in [0.25, 0.3) is 5.91 Å². The first-order valence-corrected chi connectivity index (χ1v) is 11.4. The predicted octanol–water partition coefficient (Wildman–Crippen LogP) is 4.46. The van der Waals surface area contributed by atoms with E-state index >= 15 is 0 Å². The van der Waals surface area contributed by atoms with Gasteiger partial charge in [-0.3, -0.25) is 4.79 Å². The number of carbonyl (C=O) groups excluding carboxylic acids is 1.